The highest BCUT2D eigenvalue weighted by molar-refractivity contribution is 9.10. The van der Waals surface area contributed by atoms with Crippen LogP contribution in [-0.2, 0) is 6.42 Å². The fourth-order valence-corrected chi connectivity index (χ4v) is 3.59. The molecule has 20 heavy (non-hydrogen) atoms. The van der Waals surface area contributed by atoms with Crippen LogP contribution in [0.25, 0.3) is 0 Å². The van der Waals surface area contributed by atoms with Gasteiger partial charge in [0.2, 0.25) is 0 Å². The summed E-state index contributed by atoms with van der Waals surface area (Å²) in [5.74, 6) is 0.621. The first-order chi connectivity index (χ1) is 9.74. The quantitative estimate of drug-likeness (QED) is 0.807. The predicted octanol–water partition coefficient (Wildman–Crippen LogP) is 3.23. The third-order valence-corrected chi connectivity index (χ3v) is 4.57. The van der Waals surface area contributed by atoms with Gasteiger partial charge >= 0.3 is 0 Å². The van der Waals surface area contributed by atoms with Crippen molar-refractivity contribution in [3.8, 4) is 0 Å². The Kier molecular flexibility index (Phi) is 2.60. The average Bonchev–Trinajstić information content (AvgIpc) is 2.75. The van der Waals surface area contributed by atoms with Gasteiger partial charge in [0.05, 0.1) is 12.6 Å². The summed E-state index contributed by atoms with van der Waals surface area (Å²) in [5.41, 5.74) is 11.3. The topological polar surface area (TPSA) is 41.6 Å². The van der Waals surface area contributed by atoms with Gasteiger partial charge in [-0.3, -0.25) is 4.99 Å². The van der Waals surface area contributed by atoms with Crippen molar-refractivity contribution >= 4 is 27.6 Å². The van der Waals surface area contributed by atoms with Crippen molar-refractivity contribution in [2.75, 3.05) is 11.4 Å². The number of nitrogens with zero attached hydrogens (tertiary/aromatic N) is 2. The number of hydrogen-bond acceptors (Lipinski definition) is 3. The van der Waals surface area contributed by atoms with E-state index in [-0.39, 0.29) is 6.04 Å². The van der Waals surface area contributed by atoms with Crippen LogP contribution in [0.2, 0.25) is 0 Å². The summed E-state index contributed by atoms with van der Waals surface area (Å²) < 4.78 is 1.10. The second-order valence-electron chi connectivity index (χ2n) is 5.23. The van der Waals surface area contributed by atoms with Gasteiger partial charge in [-0.05, 0) is 41.3 Å². The fourth-order valence-electron chi connectivity index (χ4n) is 3.18. The van der Waals surface area contributed by atoms with Crippen LogP contribution in [0.3, 0.4) is 0 Å². The zero-order chi connectivity index (χ0) is 13.7. The van der Waals surface area contributed by atoms with Gasteiger partial charge in [0.1, 0.15) is 0 Å². The maximum absolute atomic E-state index is 6.13. The molecule has 0 radical (unpaired) electrons. The molecule has 2 N–H and O–H groups in total. The summed E-state index contributed by atoms with van der Waals surface area (Å²) >= 11 is 3.56. The fraction of sp³-hybridized carbons (Fsp3) is 0.188. The Balaban J connectivity index is 1.98. The monoisotopic (exact) mass is 327 g/mol. The SMILES string of the molecule is NC1=NC[C@H]2c3ccccc3Cc3cc(Br)ccc3N12. The lowest BCUT2D eigenvalue weighted by molar-refractivity contribution is 0.768. The molecule has 2 aromatic rings. The van der Waals surface area contributed by atoms with Gasteiger partial charge in [0.25, 0.3) is 0 Å². The molecule has 0 saturated heterocycles. The summed E-state index contributed by atoms with van der Waals surface area (Å²) in [5, 5.41) is 0. The van der Waals surface area contributed by atoms with E-state index in [2.05, 4.69) is 68.3 Å². The molecule has 4 rings (SSSR count). The van der Waals surface area contributed by atoms with Crippen LogP contribution < -0.4 is 10.6 Å². The molecule has 1 atom stereocenters. The molecule has 0 unspecified atom stereocenters. The number of nitrogens with two attached hydrogens (primary N) is 1. The van der Waals surface area contributed by atoms with E-state index in [1.807, 2.05) is 0 Å². The zero-order valence-electron chi connectivity index (χ0n) is 10.9. The van der Waals surface area contributed by atoms with Gasteiger partial charge < -0.3 is 10.6 Å². The summed E-state index contributed by atoms with van der Waals surface area (Å²) in [6.07, 6.45) is 0.936. The van der Waals surface area contributed by atoms with Gasteiger partial charge in [-0.25, -0.2) is 0 Å². The molecule has 2 aliphatic heterocycles. The summed E-state index contributed by atoms with van der Waals surface area (Å²) in [7, 11) is 0. The van der Waals surface area contributed by atoms with E-state index in [0.29, 0.717) is 5.96 Å². The Hall–Kier alpha value is -1.81. The molecule has 0 aliphatic carbocycles. The molecule has 100 valence electrons. The average molecular weight is 328 g/mol. The van der Waals surface area contributed by atoms with Crippen LogP contribution in [0.1, 0.15) is 22.7 Å². The number of rotatable bonds is 0. The van der Waals surface area contributed by atoms with E-state index in [1.54, 1.807) is 0 Å². The molecule has 2 aliphatic rings. The Morgan fingerprint density at radius 2 is 2.00 bits per heavy atom. The number of aliphatic imine (C=N–C) groups is 1. The second-order valence-corrected chi connectivity index (χ2v) is 6.15. The van der Waals surface area contributed by atoms with Gasteiger partial charge in [0, 0.05) is 10.2 Å². The Labute approximate surface area is 126 Å². The van der Waals surface area contributed by atoms with Crippen molar-refractivity contribution in [3.63, 3.8) is 0 Å². The highest BCUT2D eigenvalue weighted by Gasteiger charge is 2.33. The molecule has 0 amide bonds. The van der Waals surface area contributed by atoms with Crippen molar-refractivity contribution in [3.05, 3.63) is 63.6 Å². The molecule has 4 heteroatoms. The van der Waals surface area contributed by atoms with E-state index >= 15 is 0 Å². The smallest absolute Gasteiger partial charge is 0.196 e. The van der Waals surface area contributed by atoms with Crippen LogP contribution in [0.5, 0.6) is 0 Å². The van der Waals surface area contributed by atoms with Crippen LogP contribution in [0.15, 0.2) is 51.9 Å². The molecule has 2 aromatic carbocycles. The van der Waals surface area contributed by atoms with Gasteiger partial charge in [0.15, 0.2) is 5.96 Å². The minimum atomic E-state index is 0.230. The number of fused-ring (bicyclic) bond motifs is 5. The zero-order valence-corrected chi connectivity index (χ0v) is 12.5. The van der Waals surface area contributed by atoms with Crippen LogP contribution >= 0.6 is 15.9 Å². The molecule has 0 bridgehead atoms. The van der Waals surface area contributed by atoms with E-state index in [4.69, 9.17) is 5.73 Å². The second kappa shape index (κ2) is 4.35. The Morgan fingerprint density at radius 3 is 2.90 bits per heavy atom. The summed E-state index contributed by atoms with van der Waals surface area (Å²) in [4.78, 5) is 6.63. The molecule has 0 spiro atoms. The first-order valence-electron chi connectivity index (χ1n) is 6.69. The molecule has 2 heterocycles. The third-order valence-electron chi connectivity index (χ3n) is 4.08. The first-order valence-corrected chi connectivity index (χ1v) is 7.49. The van der Waals surface area contributed by atoms with Gasteiger partial charge in [-0.1, -0.05) is 40.2 Å². The van der Waals surface area contributed by atoms with E-state index in [9.17, 15) is 0 Å². The largest absolute Gasteiger partial charge is 0.369 e. The number of anilines is 1. The molecule has 0 saturated carbocycles. The molecular weight excluding hydrogens is 314 g/mol. The summed E-state index contributed by atoms with van der Waals surface area (Å²) in [6, 6.07) is 15.2. The maximum atomic E-state index is 6.13. The minimum Gasteiger partial charge on any atom is -0.369 e. The number of benzene rings is 2. The van der Waals surface area contributed by atoms with E-state index in [1.165, 1.54) is 22.4 Å². The first kappa shape index (κ1) is 12.0. The van der Waals surface area contributed by atoms with Crippen molar-refractivity contribution in [2.24, 2.45) is 10.7 Å². The highest BCUT2D eigenvalue weighted by Crippen LogP contribution is 2.40. The van der Waals surface area contributed by atoms with Crippen LogP contribution in [0.4, 0.5) is 5.69 Å². The Bertz CT molecular complexity index is 723. The maximum Gasteiger partial charge on any atom is 0.196 e. The lowest BCUT2D eigenvalue weighted by Gasteiger charge is -2.26. The van der Waals surface area contributed by atoms with Gasteiger partial charge in [-0.2, -0.15) is 0 Å². The predicted molar refractivity (Wildman–Crippen MR) is 85.1 cm³/mol. The number of guanidine groups is 1. The lowest BCUT2D eigenvalue weighted by Crippen LogP contribution is -2.36. The van der Waals surface area contributed by atoms with Crippen molar-refractivity contribution in [1.29, 1.82) is 0 Å². The number of halogens is 1. The normalized spacial score (nSPS) is 19.8. The molecule has 3 nitrogen and oxygen atoms in total. The van der Waals surface area contributed by atoms with Crippen LogP contribution in [-0.4, -0.2) is 12.5 Å². The summed E-state index contributed by atoms with van der Waals surface area (Å²) in [6.45, 7) is 0.734. The van der Waals surface area contributed by atoms with E-state index in [0.717, 1.165) is 17.4 Å². The van der Waals surface area contributed by atoms with Crippen molar-refractivity contribution in [2.45, 2.75) is 12.5 Å². The van der Waals surface area contributed by atoms with Gasteiger partial charge in [-0.15, -0.1) is 0 Å². The molecular formula is C16H14BrN3. The van der Waals surface area contributed by atoms with Crippen molar-refractivity contribution in [1.82, 2.24) is 0 Å². The third kappa shape index (κ3) is 1.68. The lowest BCUT2D eigenvalue weighted by atomic mass is 9.97. The minimum absolute atomic E-state index is 0.230. The molecule has 0 aromatic heterocycles. The Morgan fingerprint density at radius 1 is 1.15 bits per heavy atom. The van der Waals surface area contributed by atoms with Crippen molar-refractivity contribution < 1.29 is 0 Å². The van der Waals surface area contributed by atoms with E-state index < -0.39 is 0 Å². The standard InChI is InChI=1S/C16H14BrN3/c17-12-5-6-14-11(8-12)7-10-3-1-2-4-13(10)15-9-19-16(18)20(14)15/h1-6,8,15H,7,9H2,(H2,18,19)/t15-/m0/s1. The highest BCUT2D eigenvalue weighted by atomic mass is 79.9. The molecule has 0 fully saturated rings. The number of hydrogen-bond donors (Lipinski definition) is 1. The van der Waals surface area contributed by atoms with Crippen LogP contribution in [0, 0.1) is 0 Å².